The number of oxazole rings is 1. The van der Waals surface area contributed by atoms with Gasteiger partial charge >= 0.3 is 0 Å². The number of methoxy groups -OCH3 is 1. The van der Waals surface area contributed by atoms with Crippen molar-refractivity contribution in [2.75, 3.05) is 19.0 Å². The van der Waals surface area contributed by atoms with E-state index in [1.165, 1.54) is 6.07 Å². The summed E-state index contributed by atoms with van der Waals surface area (Å²) in [7, 11) is 1.61. The zero-order valence-electron chi connectivity index (χ0n) is 17.8. The highest BCUT2D eigenvalue weighted by atomic mass is 35.5. The van der Waals surface area contributed by atoms with Crippen LogP contribution in [0.2, 0.25) is 5.02 Å². The van der Waals surface area contributed by atoms with Gasteiger partial charge in [0.15, 0.2) is 10.7 Å². The van der Waals surface area contributed by atoms with Crippen molar-refractivity contribution in [1.29, 1.82) is 0 Å². The topological polar surface area (TPSA) is 85.6 Å². The number of carbonyl (C=O) groups excluding carboxylic acids is 1. The second-order valence-corrected chi connectivity index (χ2v) is 7.74. The lowest BCUT2D eigenvalue weighted by atomic mass is 10.2. The van der Waals surface area contributed by atoms with Crippen LogP contribution in [0, 0.1) is 0 Å². The van der Waals surface area contributed by atoms with E-state index in [4.69, 9.17) is 37.7 Å². The molecule has 0 atom stereocenters. The third kappa shape index (κ3) is 5.24. The predicted molar refractivity (Wildman–Crippen MR) is 132 cm³/mol. The Balaban J connectivity index is 1.45. The number of halogens is 1. The molecule has 4 rings (SSSR count). The van der Waals surface area contributed by atoms with Crippen LogP contribution < -0.4 is 20.1 Å². The Morgan fingerprint density at radius 1 is 1.15 bits per heavy atom. The number of thiocarbonyl (C=S) groups is 1. The van der Waals surface area contributed by atoms with Crippen LogP contribution in [0.5, 0.6) is 11.5 Å². The first kappa shape index (κ1) is 22.6. The lowest BCUT2D eigenvalue weighted by Gasteiger charge is -2.11. The number of rotatable bonds is 6. The lowest BCUT2D eigenvalue weighted by Crippen LogP contribution is -2.34. The molecule has 0 aliphatic heterocycles. The second-order valence-electron chi connectivity index (χ2n) is 6.92. The fourth-order valence-electron chi connectivity index (χ4n) is 3.14. The van der Waals surface area contributed by atoms with Gasteiger partial charge in [-0.3, -0.25) is 10.1 Å². The third-order valence-corrected chi connectivity index (χ3v) is 5.18. The number of carbonyl (C=O) groups is 1. The molecule has 0 aliphatic rings. The van der Waals surface area contributed by atoms with E-state index in [-0.39, 0.29) is 11.0 Å². The highest BCUT2D eigenvalue weighted by molar-refractivity contribution is 7.80. The SMILES string of the molecule is CCOc1ccc(C(=O)NC(=S)Nc2ccc3oc(-c4cccc(OC)c4)nc3c2)cc1Cl. The Hall–Kier alpha value is -3.62. The molecule has 0 spiro atoms. The van der Waals surface area contributed by atoms with Gasteiger partial charge in [0.25, 0.3) is 5.91 Å². The number of nitrogens with zero attached hydrogens (tertiary/aromatic N) is 1. The van der Waals surface area contributed by atoms with Crippen molar-refractivity contribution < 1.29 is 18.7 Å². The molecule has 2 N–H and O–H groups in total. The largest absolute Gasteiger partial charge is 0.497 e. The number of amides is 1. The second kappa shape index (κ2) is 9.89. The summed E-state index contributed by atoms with van der Waals surface area (Å²) in [5, 5.41) is 6.12. The normalized spacial score (nSPS) is 10.6. The molecule has 168 valence electrons. The first-order valence-corrected chi connectivity index (χ1v) is 10.8. The Kier molecular flexibility index (Phi) is 6.76. The van der Waals surface area contributed by atoms with Crippen LogP contribution in [0.4, 0.5) is 5.69 Å². The molecule has 3 aromatic carbocycles. The van der Waals surface area contributed by atoms with Gasteiger partial charge in [0.1, 0.15) is 17.0 Å². The van der Waals surface area contributed by atoms with E-state index in [2.05, 4.69) is 15.6 Å². The summed E-state index contributed by atoms with van der Waals surface area (Å²) in [5.74, 6) is 1.32. The lowest BCUT2D eigenvalue weighted by molar-refractivity contribution is 0.0977. The maximum Gasteiger partial charge on any atom is 0.257 e. The number of fused-ring (bicyclic) bond motifs is 1. The molecule has 0 bridgehead atoms. The minimum atomic E-state index is -0.389. The molecular formula is C24H20ClN3O4S. The average molecular weight is 482 g/mol. The minimum absolute atomic E-state index is 0.140. The molecule has 33 heavy (non-hydrogen) atoms. The van der Waals surface area contributed by atoms with Crippen molar-refractivity contribution in [3.63, 3.8) is 0 Å². The summed E-state index contributed by atoms with van der Waals surface area (Å²) in [4.78, 5) is 17.1. The van der Waals surface area contributed by atoms with Crippen molar-refractivity contribution in [2.24, 2.45) is 0 Å². The van der Waals surface area contributed by atoms with Gasteiger partial charge in [-0.05, 0) is 73.7 Å². The fraction of sp³-hybridized carbons (Fsp3) is 0.125. The number of hydrogen-bond donors (Lipinski definition) is 2. The monoisotopic (exact) mass is 481 g/mol. The van der Waals surface area contributed by atoms with Gasteiger partial charge in [0.2, 0.25) is 5.89 Å². The maximum absolute atomic E-state index is 12.5. The van der Waals surface area contributed by atoms with Crippen molar-refractivity contribution in [3.05, 3.63) is 71.2 Å². The van der Waals surface area contributed by atoms with Crippen LogP contribution in [0.3, 0.4) is 0 Å². The summed E-state index contributed by atoms with van der Waals surface area (Å²) in [6.45, 7) is 2.34. The molecule has 1 heterocycles. The van der Waals surface area contributed by atoms with Gasteiger partial charge in [0.05, 0.1) is 18.7 Å². The molecule has 0 aliphatic carbocycles. The number of aromatic nitrogens is 1. The van der Waals surface area contributed by atoms with Gasteiger partial charge in [-0.15, -0.1) is 0 Å². The Morgan fingerprint density at radius 2 is 2.00 bits per heavy atom. The van der Waals surface area contributed by atoms with Crippen LogP contribution in [-0.4, -0.2) is 29.7 Å². The minimum Gasteiger partial charge on any atom is -0.497 e. The Bertz CT molecular complexity index is 1340. The highest BCUT2D eigenvalue weighted by Gasteiger charge is 2.13. The van der Waals surface area contributed by atoms with Crippen molar-refractivity contribution >= 4 is 51.6 Å². The average Bonchev–Trinajstić information content (AvgIpc) is 3.24. The molecule has 0 unspecified atom stereocenters. The van der Waals surface area contributed by atoms with E-state index in [0.717, 1.165) is 5.56 Å². The Labute approximate surface area is 200 Å². The van der Waals surface area contributed by atoms with E-state index in [1.807, 2.05) is 31.2 Å². The van der Waals surface area contributed by atoms with Crippen LogP contribution >= 0.6 is 23.8 Å². The number of benzene rings is 3. The van der Waals surface area contributed by atoms with Gasteiger partial charge in [-0.25, -0.2) is 4.98 Å². The molecule has 0 saturated heterocycles. The number of ether oxygens (including phenoxy) is 2. The van der Waals surface area contributed by atoms with Gasteiger partial charge in [0, 0.05) is 16.8 Å². The van der Waals surface area contributed by atoms with Gasteiger partial charge in [-0.2, -0.15) is 0 Å². The van der Waals surface area contributed by atoms with Crippen molar-refractivity contribution in [3.8, 4) is 23.0 Å². The molecule has 0 fully saturated rings. The predicted octanol–water partition coefficient (Wildman–Crippen LogP) is 5.68. The van der Waals surface area contributed by atoms with E-state index in [0.29, 0.717) is 51.4 Å². The van der Waals surface area contributed by atoms with Gasteiger partial charge in [-0.1, -0.05) is 17.7 Å². The molecule has 4 aromatic rings. The van der Waals surface area contributed by atoms with E-state index < -0.39 is 0 Å². The van der Waals surface area contributed by atoms with E-state index in [9.17, 15) is 4.79 Å². The first-order chi connectivity index (χ1) is 16.0. The molecule has 7 nitrogen and oxygen atoms in total. The fourth-order valence-corrected chi connectivity index (χ4v) is 3.58. The Morgan fingerprint density at radius 3 is 2.76 bits per heavy atom. The zero-order valence-corrected chi connectivity index (χ0v) is 19.4. The van der Waals surface area contributed by atoms with E-state index in [1.54, 1.807) is 37.4 Å². The number of nitrogens with one attached hydrogen (secondary N) is 2. The summed E-state index contributed by atoms with van der Waals surface area (Å²) >= 11 is 11.4. The van der Waals surface area contributed by atoms with Crippen molar-refractivity contribution in [2.45, 2.75) is 6.92 Å². The zero-order chi connectivity index (χ0) is 23.4. The molecule has 0 saturated carbocycles. The molecule has 1 amide bonds. The number of hydrogen-bond acceptors (Lipinski definition) is 6. The number of anilines is 1. The maximum atomic E-state index is 12.5. The molecule has 0 radical (unpaired) electrons. The van der Waals surface area contributed by atoms with Crippen LogP contribution in [-0.2, 0) is 0 Å². The van der Waals surface area contributed by atoms with Gasteiger partial charge < -0.3 is 19.2 Å². The summed E-state index contributed by atoms with van der Waals surface area (Å²) in [6.07, 6.45) is 0. The van der Waals surface area contributed by atoms with Crippen molar-refractivity contribution in [1.82, 2.24) is 10.3 Å². The summed E-state index contributed by atoms with van der Waals surface area (Å²) in [5.41, 5.74) is 3.09. The first-order valence-electron chi connectivity index (χ1n) is 10.1. The third-order valence-electron chi connectivity index (χ3n) is 4.68. The van der Waals surface area contributed by atoms with E-state index >= 15 is 0 Å². The van der Waals surface area contributed by atoms with Crippen LogP contribution in [0.1, 0.15) is 17.3 Å². The van der Waals surface area contributed by atoms with Crippen LogP contribution in [0.15, 0.2) is 65.1 Å². The molecule has 9 heteroatoms. The van der Waals surface area contributed by atoms with Crippen LogP contribution in [0.25, 0.3) is 22.6 Å². The summed E-state index contributed by atoms with van der Waals surface area (Å²) in [6, 6.07) is 17.6. The highest BCUT2D eigenvalue weighted by Crippen LogP contribution is 2.28. The smallest absolute Gasteiger partial charge is 0.257 e. The summed E-state index contributed by atoms with van der Waals surface area (Å²) < 4.78 is 16.5. The molecular weight excluding hydrogens is 462 g/mol. The molecule has 1 aromatic heterocycles. The standard InChI is InChI=1S/C24H20ClN3O4S/c1-3-31-20-9-7-14(12-18(20)25)22(29)28-24(33)26-16-8-10-21-19(13-16)27-23(32-21)15-5-4-6-17(11-15)30-2/h4-13H,3H2,1-2H3,(H2,26,28,29,33). The quantitative estimate of drug-likeness (QED) is 0.342.